The highest BCUT2D eigenvalue weighted by Crippen LogP contribution is 2.21. The van der Waals surface area contributed by atoms with Crippen LogP contribution in [0.15, 0.2) is 53.6 Å². The summed E-state index contributed by atoms with van der Waals surface area (Å²) in [7, 11) is 0. The number of aromatic amines is 1. The van der Waals surface area contributed by atoms with Gasteiger partial charge in [0.05, 0.1) is 17.4 Å². The van der Waals surface area contributed by atoms with Gasteiger partial charge in [-0.05, 0) is 42.9 Å². The predicted octanol–water partition coefficient (Wildman–Crippen LogP) is 2.95. The largest absolute Gasteiger partial charge is 0.490 e. The highest BCUT2D eigenvalue weighted by atomic mass is 19.4. The van der Waals surface area contributed by atoms with Crippen molar-refractivity contribution in [3.63, 3.8) is 0 Å². The van der Waals surface area contributed by atoms with Gasteiger partial charge in [0.15, 0.2) is 0 Å². The lowest BCUT2D eigenvalue weighted by Gasteiger charge is -2.35. The van der Waals surface area contributed by atoms with Gasteiger partial charge in [-0.15, -0.1) is 0 Å². The number of halogens is 3. The van der Waals surface area contributed by atoms with Crippen LogP contribution >= 0.6 is 0 Å². The van der Waals surface area contributed by atoms with Crippen LogP contribution in [-0.2, 0) is 4.79 Å². The summed E-state index contributed by atoms with van der Waals surface area (Å²) < 4.78 is 31.7. The number of nitrogens with zero attached hydrogens (tertiary/aromatic N) is 3. The van der Waals surface area contributed by atoms with Crippen molar-refractivity contribution in [2.75, 3.05) is 42.9 Å². The summed E-state index contributed by atoms with van der Waals surface area (Å²) in [5, 5.41) is 10.4. The van der Waals surface area contributed by atoms with E-state index in [1.165, 1.54) is 6.33 Å². The average molecular weight is 491 g/mol. The molecule has 0 bridgehead atoms. The number of hydrogen-bond acceptors (Lipinski definition) is 6. The van der Waals surface area contributed by atoms with Crippen molar-refractivity contribution in [3.8, 4) is 0 Å². The molecule has 3 N–H and O–H groups in total. The molecule has 0 aliphatic carbocycles. The molecule has 2 aromatic carbocycles. The molecule has 4 rings (SSSR count). The number of para-hydroxylation sites is 1. The molecule has 1 aromatic heterocycles. The van der Waals surface area contributed by atoms with Gasteiger partial charge in [-0.25, -0.2) is 9.78 Å². The van der Waals surface area contributed by atoms with Gasteiger partial charge in [0.25, 0.3) is 11.5 Å². The van der Waals surface area contributed by atoms with E-state index in [1.54, 1.807) is 18.2 Å². The number of fused-ring (bicyclic) bond motifs is 1. The van der Waals surface area contributed by atoms with Crippen LogP contribution in [0.25, 0.3) is 10.9 Å². The van der Waals surface area contributed by atoms with Gasteiger partial charge >= 0.3 is 12.1 Å². The number of rotatable bonds is 4. The zero-order valence-electron chi connectivity index (χ0n) is 18.8. The van der Waals surface area contributed by atoms with Crippen molar-refractivity contribution in [2.24, 2.45) is 0 Å². The number of aliphatic carboxylic acids is 1. The Balaban J connectivity index is 0.000000429. The van der Waals surface area contributed by atoms with Crippen LogP contribution in [-0.4, -0.2) is 70.8 Å². The molecule has 0 atom stereocenters. The van der Waals surface area contributed by atoms with Crippen LogP contribution in [0, 0.1) is 0 Å². The molecule has 9 nitrogen and oxygen atoms in total. The molecule has 1 fully saturated rings. The summed E-state index contributed by atoms with van der Waals surface area (Å²) in [6.45, 7) is 7.38. The van der Waals surface area contributed by atoms with Gasteiger partial charge in [-0.3, -0.25) is 9.59 Å². The third-order valence-electron chi connectivity index (χ3n) is 5.47. The third kappa shape index (κ3) is 6.57. The summed E-state index contributed by atoms with van der Waals surface area (Å²) in [6, 6.07) is 12.8. The zero-order chi connectivity index (χ0) is 25.6. The van der Waals surface area contributed by atoms with E-state index in [2.05, 4.69) is 32.0 Å². The Hall–Kier alpha value is -3.93. The number of carboxylic acids is 1. The van der Waals surface area contributed by atoms with Crippen molar-refractivity contribution < 1.29 is 27.9 Å². The summed E-state index contributed by atoms with van der Waals surface area (Å²) >= 11 is 0. The van der Waals surface area contributed by atoms with E-state index in [0.29, 0.717) is 22.2 Å². The number of nitrogens with one attached hydrogen (secondary N) is 2. The third-order valence-corrected chi connectivity index (χ3v) is 5.47. The lowest BCUT2D eigenvalue weighted by atomic mass is 10.1. The van der Waals surface area contributed by atoms with E-state index in [-0.39, 0.29) is 11.5 Å². The van der Waals surface area contributed by atoms with E-state index in [1.807, 2.05) is 24.3 Å². The van der Waals surface area contributed by atoms with Gasteiger partial charge in [0, 0.05) is 37.4 Å². The quantitative estimate of drug-likeness (QED) is 0.514. The Morgan fingerprint density at radius 3 is 2.29 bits per heavy atom. The summed E-state index contributed by atoms with van der Waals surface area (Å²) in [6.07, 6.45) is -3.74. The van der Waals surface area contributed by atoms with Gasteiger partial charge < -0.3 is 25.2 Å². The number of carbonyl (C=O) groups excluding carboxylic acids is 1. The van der Waals surface area contributed by atoms with Crippen molar-refractivity contribution in [2.45, 2.75) is 13.1 Å². The fourth-order valence-corrected chi connectivity index (χ4v) is 3.54. The Morgan fingerprint density at radius 1 is 1.09 bits per heavy atom. The van der Waals surface area contributed by atoms with Crippen LogP contribution in [0.4, 0.5) is 24.5 Å². The van der Waals surface area contributed by atoms with Crippen LogP contribution in [0.3, 0.4) is 0 Å². The molecule has 0 spiro atoms. The van der Waals surface area contributed by atoms with E-state index in [4.69, 9.17) is 9.90 Å². The molecule has 35 heavy (non-hydrogen) atoms. The first-order valence-electron chi connectivity index (χ1n) is 10.8. The number of alkyl halides is 3. The number of amides is 1. The predicted molar refractivity (Wildman–Crippen MR) is 125 cm³/mol. The standard InChI is InChI=1S/C21H23N5O2.C2HF3O2/c1-2-25-10-12-26(13-11-25)16-8-6-15(7-9-16)20(27)24-18-5-3-4-17-19(18)22-14-23-21(17)28;3-2(4,5)1(6)7/h3-9,14H,2,10-13H2,1H3,(H,24,27)(H,22,23,28);(H,6,7). The number of piperazine rings is 1. The van der Waals surface area contributed by atoms with Gasteiger partial charge in [-0.1, -0.05) is 13.0 Å². The number of hydrogen-bond donors (Lipinski definition) is 3. The Morgan fingerprint density at radius 2 is 1.71 bits per heavy atom. The summed E-state index contributed by atoms with van der Waals surface area (Å²) in [4.78, 5) is 45.0. The lowest BCUT2D eigenvalue weighted by molar-refractivity contribution is -0.192. The summed E-state index contributed by atoms with van der Waals surface area (Å²) in [5.74, 6) is -2.98. The number of carbonyl (C=O) groups is 2. The fraction of sp³-hybridized carbons (Fsp3) is 0.304. The minimum atomic E-state index is -5.08. The first-order valence-corrected chi connectivity index (χ1v) is 10.8. The second-order valence-electron chi connectivity index (χ2n) is 7.66. The number of anilines is 2. The topological polar surface area (TPSA) is 119 Å². The van der Waals surface area contributed by atoms with Crippen LogP contribution < -0.4 is 15.8 Å². The molecule has 1 saturated heterocycles. The zero-order valence-corrected chi connectivity index (χ0v) is 18.8. The maximum Gasteiger partial charge on any atom is 0.490 e. The molecular weight excluding hydrogens is 467 g/mol. The van der Waals surface area contributed by atoms with Crippen LogP contribution in [0.5, 0.6) is 0 Å². The number of H-pyrrole nitrogens is 1. The molecule has 186 valence electrons. The van der Waals surface area contributed by atoms with E-state index < -0.39 is 12.1 Å². The Kier molecular flexibility index (Phi) is 8.07. The van der Waals surface area contributed by atoms with Crippen molar-refractivity contribution >= 4 is 34.2 Å². The van der Waals surface area contributed by atoms with E-state index in [0.717, 1.165) is 38.4 Å². The number of benzene rings is 2. The second kappa shape index (κ2) is 11.0. The minimum Gasteiger partial charge on any atom is -0.475 e. The maximum absolute atomic E-state index is 12.7. The normalized spacial score (nSPS) is 14.2. The molecule has 3 aromatic rings. The smallest absolute Gasteiger partial charge is 0.475 e. The number of aromatic nitrogens is 2. The maximum atomic E-state index is 12.7. The van der Waals surface area contributed by atoms with Crippen molar-refractivity contribution in [3.05, 3.63) is 64.7 Å². The summed E-state index contributed by atoms with van der Waals surface area (Å²) in [5.41, 5.74) is 2.47. The monoisotopic (exact) mass is 491 g/mol. The molecule has 2 heterocycles. The molecule has 12 heteroatoms. The second-order valence-corrected chi connectivity index (χ2v) is 7.66. The lowest BCUT2D eigenvalue weighted by Crippen LogP contribution is -2.46. The Labute approximate surface area is 198 Å². The Bertz CT molecular complexity index is 1240. The molecule has 1 aliphatic rings. The molecule has 1 amide bonds. The SMILES string of the molecule is CCN1CCN(c2ccc(C(=O)Nc3cccc4c(=O)[nH]cnc34)cc2)CC1.O=C(O)C(F)(F)F. The highest BCUT2D eigenvalue weighted by Gasteiger charge is 2.38. The number of carboxylic acid groups (broad SMARTS) is 1. The molecule has 0 saturated carbocycles. The van der Waals surface area contributed by atoms with Gasteiger partial charge in [0.1, 0.15) is 5.52 Å². The van der Waals surface area contributed by atoms with E-state index >= 15 is 0 Å². The first-order chi connectivity index (χ1) is 16.6. The van der Waals surface area contributed by atoms with Crippen LogP contribution in [0.2, 0.25) is 0 Å². The number of likely N-dealkylation sites (N-methyl/N-ethyl adjacent to an activating group) is 1. The molecular formula is C23H24F3N5O4. The van der Waals surface area contributed by atoms with Crippen LogP contribution in [0.1, 0.15) is 17.3 Å². The van der Waals surface area contributed by atoms with Gasteiger partial charge in [0.2, 0.25) is 0 Å². The minimum absolute atomic E-state index is 0.225. The van der Waals surface area contributed by atoms with Crippen molar-refractivity contribution in [1.82, 2.24) is 14.9 Å². The molecule has 1 aliphatic heterocycles. The fourth-order valence-electron chi connectivity index (χ4n) is 3.54. The first kappa shape index (κ1) is 25.7. The highest BCUT2D eigenvalue weighted by molar-refractivity contribution is 6.08. The van der Waals surface area contributed by atoms with E-state index in [9.17, 15) is 22.8 Å². The molecule has 0 unspecified atom stereocenters. The van der Waals surface area contributed by atoms with Crippen molar-refractivity contribution in [1.29, 1.82) is 0 Å². The molecule has 0 radical (unpaired) electrons. The van der Waals surface area contributed by atoms with Gasteiger partial charge in [-0.2, -0.15) is 13.2 Å². The average Bonchev–Trinajstić information content (AvgIpc) is 2.84.